The Morgan fingerprint density at radius 3 is 2.74 bits per heavy atom. The molecule has 2 aromatic rings. The molecular formula is C18H21NO4. The number of carbonyl (C=O) groups is 1. The molecule has 122 valence electrons. The van der Waals surface area contributed by atoms with Gasteiger partial charge < -0.3 is 18.8 Å². The van der Waals surface area contributed by atoms with E-state index >= 15 is 0 Å². The van der Waals surface area contributed by atoms with Crippen LogP contribution in [0.3, 0.4) is 0 Å². The smallest absolute Gasteiger partial charge is 0.290 e. The van der Waals surface area contributed by atoms with Crippen LogP contribution in [-0.2, 0) is 9.47 Å². The van der Waals surface area contributed by atoms with E-state index in [0.717, 1.165) is 42.3 Å². The second kappa shape index (κ2) is 5.98. The fraction of sp³-hybridized carbons (Fsp3) is 0.500. The molecule has 0 spiro atoms. The molecule has 2 fully saturated rings. The van der Waals surface area contributed by atoms with E-state index in [1.165, 1.54) is 0 Å². The fourth-order valence-corrected chi connectivity index (χ4v) is 3.60. The Morgan fingerprint density at radius 2 is 1.96 bits per heavy atom. The van der Waals surface area contributed by atoms with Crippen molar-refractivity contribution < 1.29 is 18.7 Å². The highest BCUT2D eigenvalue weighted by Gasteiger charge is 2.38. The summed E-state index contributed by atoms with van der Waals surface area (Å²) in [6, 6.07) is 7.75. The van der Waals surface area contributed by atoms with E-state index in [0.29, 0.717) is 19.0 Å². The van der Waals surface area contributed by atoms with E-state index < -0.39 is 0 Å². The highest BCUT2D eigenvalue weighted by Crippen LogP contribution is 2.30. The number of nitrogens with zero attached hydrogens (tertiary/aromatic N) is 1. The number of aryl methyl sites for hydroxylation is 1. The Bertz CT molecular complexity index is 717. The largest absolute Gasteiger partial charge is 0.451 e. The van der Waals surface area contributed by atoms with Gasteiger partial charge in [-0.3, -0.25) is 4.79 Å². The molecule has 4 rings (SSSR count). The van der Waals surface area contributed by atoms with Crippen LogP contribution in [0.15, 0.2) is 28.7 Å². The number of para-hydroxylation sites is 1. The Labute approximate surface area is 135 Å². The number of piperidine rings is 1. The van der Waals surface area contributed by atoms with Gasteiger partial charge in [0.05, 0.1) is 19.3 Å². The van der Waals surface area contributed by atoms with Crippen molar-refractivity contribution in [3.8, 4) is 0 Å². The molecule has 23 heavy (non-hydrogen) atoms. The molecular weight excluding hydrogens is 294 g/mol. The van der Waals surface area contributed by atoms with Crippen molar-refractivity contribution in [2.24, 2.45) is 0 Å². The Morgan fingerprint density at radius 1 is 1.17 bits per heavy atom. The third kappa shape index (κ3) is 2.54. The number of amides is 1. The molecule has 0 aliphatic carbocycles. The van der Waals surface area contributed by atoms with Crippen LogP contribution in [0.25, 0.3) is 11.0 Å². The number of furan rings is 1. The van der Waals surface area contributed by atoms with Crippen molar-refractivity contribution in [1.29, 1.82) is 0 Å². The monoisotopic (exact) mass is 315 g/mol. The molecule has 0 radical (unpaired) electrons. The van der Waals surface area contributed by atoms with Gasteiger partial charge in [0.2, 0.25) is 0 Å². The Kier molecular flexibility index (Phi) is 3.83. The molecule has 1 atom stereocenters. The summed E-state index contributed by atoms with van der Waals surface area (Å²) >= 11 is 0. The first-order valence-corrected chi connectivity index (χ1v) is 8.28. The van der Waals surface area contributed by atoms with Crippen molar-refractivity contribution in [2.75, 3.05) is 19.8 Å². The quantitative estimate of drug-likeness (QED) is 0.854. The topological polar surface area (TPSA) is 51.9 Å². The molecule has 2 aliphatic rings. The van der Waals surface area contributed by atoms with E-state index in [2.05, 4.69) is 0 Å². The molecule has 0 unspecified atom stereocenters. The van der Waals surface area contributed by atoms with E-state index in [9.17, 15) is 4.79 Å². The van der Waals surface area contributed by atoms with Gasteiger partial charge in [0.1, 0.15) is 5.58 Å². The lowest BCUT2D eigenvalue weighted by Crippen LogP contribution is -2.50. The molecule has 3 heterocycles. The zero-order valence-corrected chi connectivity index (χ0v) is 13.3. The zero-order valence-electron chi connectivity index (χ0n) is 13.3. The first-order chi connectivity index (χ1) is 11.3. The maximum absolute atomic E-state index is 13.1. The number of rotatable bonds is 2. The van der Waals surface area contributed by atoms with Crippen LogP contribution >= 0.6 is 0 Å². The number of fused-ring (bicyclic) bond motifs is 1. The summed E-state index contributed by atoms with van der Waals surface area (Å²) in [6.07, 6.45) is 2.71. The van der Waals surface area contributed by atoms with Crippen LogP contribution in [0.5, 0.6) is 0 Å². The summed E-state index contributed by atoms with van der Waals surface area (Å²) < 4.78 is 17.2. The second-order valence-corrected chi connectivity index (χ2v) is 6.22. The molecule has 2 aliphatic heterocycles. The van der Waals surface area contributed by atoms with Gasteiger partial charge in [-0.2, -0.15) is 0 Å². The lowest BCUT2D eigenvalue weighted by molar-refractivity contribution is -0.100. The molecule has 5 nitrogen and oxygen atoms in total. The molecule has 1 amide bonds. The van der Waals surface area contributed by atoms with Crippen molar-refractivity contribution >= 4 is 16.9 Å². The number of hydrogen-bond acceptors (Lipinski definition) is 4. The van der Waals surface area contributed by atoms with E-state index in [1.807, 2.05) is 36.1 Å². The molecule has 0 bridgehead atoms. The van der Waals surface area contributed by atoms with Gasteiger partial charge in [0.25, 0.3) is 5.91 Å². The summed E-state index contributed by atoms with van der Waals surface area (Å²) in [5.74, 6) is 0.388. The zero-order chi connectivity index (χ0) is 15.8. The number of likely N-dealkylation sites (tertiary alicyclic amines) is 1. The molecule has 1 aromatic carbocycles. The van der Waals surface area contributed by atoms with Crippen LogP contribution in [0, 0.1) is 6.92 Å². The molecule has 0 N–H and O–H groups in total. The Balaban J connectivity index is 1.66. The van der Waals surface area contributed by atoms with Crippen LogP contribution in [-0.4, -0.2) is 42.9 Å². The third-order valence-corrected chi connectivity index (χ3v) is 4.81. The van der Waals surface area contributed by atoms with Gasteiger partial charge in [-0.15, -0.1) is 0 Å². The number of benzene rings is 1. The maximum Gasteiger partial charge on any atom is 0.290 e. The maximum atomic E-state index is 13.1. The van der Waals surface area contributed by atoms with E-state index in [4.69, 9.17) is 13.9 Å². The number of ether oxygens (including phenoxy) is 2. The van der Waals surface area contributed by atoms with Crippen molar-refractivity contribution in [2.45, 2.75) is 38.5 Å². The third-order valence-electron chi connectivity index (χ3n) is 4.81. The standard InChI is InChI=1S/C18H21NO4/c1-12-13-6-2-3-8-15(13)23-16(12)17(20)19-9-5-4-7-14(19)18-21-10-11-22-18/h2-3,6,8,14,18H,4-5,7,9-11H2,1H3/t14-/m1/s1. The van der Waals surface area contributed by atoms with Crippen LogP contribution in [0.4, 0.5) is 0 Å². The van der Waals surface area contributed by atoms with Crippen LogP contribution in [0.2, 0.25) is 0 Å². The van der Waals surface area contributed by atoms with Gasteiger partial charge in [0, 0.05) is 17.5 Å². The first kappa shape index (κ1) is 14.7. The average molecular weight is 315 g/mol. The normalized spacial score (nSPS) is 22.8. The van der Waals surface area contributed by atoms with Crippen LogP contribution in [0.1, 0.15) is 35.4 Å². The van der Waals surface area contributed by atoms with Crippen molar-refractivity contribution in [1.82, 2.24) is 4.90 Å². The minimum atomic E-state index is -0.302. The predicted octanol–water partition coefficient (Wildman–Crippen LogP) is 3.11. The molecule has 0 saturated carbocycles. The van der Waals surface area contributed by atoms with Crippen molar-refractivity contribution in [3.63, 3.8) is 0 Å². The summed E-state index contributed by atoms with van der Waals surface area (Å²) in [4.78, 5) is 15.0. The van der Waals surface area contributed by atoms with E-state index in [1.54, 1.807) is 0 Å². The van der Waals surface area contributed by atoms with Gasteiger partial charge in [-0.1, -0.05) is 18.2 Å². The van der Waals surface area contributed by atoms with Gasteiger partial charge in [-0.05, 0) is 32.3 Å². The number of carbonyl (C=O) groups excluding carboxylic acids is 1. The van der Waals surface area contributed by atoms with Crippen LogP contribution < -0.4 is 0 Å². The van der Waals surface area contributed by atoms with E-state index in [-0.39, 0.29) is 18.2 Å². The summed E-state index contributed by atoms with van der Waals surface area (Å²) in [5.41, 5.74) is 1.67. The SMILES string of the molecule is Cc1c(C(=O)N2CCCC[C@@H]2C2OCCO2)oc2ccccc12. The molecule has 1 aromatic heterocycles. The lowest BCUT2D eigenvalue weighted by Gasteiger charge is -2.37. The highest BCUT2D eigenvalue weighted by molar-refractivity contribution is 5.99. The first-order valence-electron chi connectivity index (χ1n) is 8.28. The minimum Gasteiger partial charge on any atom is -0.451 e. The summed E-state index contributed by atoms with van der Waals surface area (Å²) in [7, 11) is 0. The average Bonchev–Trinajstić information content (AvgIpc) is 3.23. The summed E-state index contributed by atoms with van der Waals surface area (Å²) in [6.45, 7) is 3.88. The highest BCUT2D eigenvalue weighted by atomic mass is 16.7. The second-order valence-electron chi connectivity index (χ2n) is 6.22. The molecule has 2 saturated heterocycles. The number of hydrogen-bond donors (Lipinski definition) is 0. The van der Waals surface area contributed by atoms with Gasteiger partial charge >= 0.3 is 0 Å². The van der Waals surface area contributed by atoms with Gasteiger partial charge in [-0.25, -0.2) is 0 Å². The minimum absolute atomic E-state index is 0.0219. The predicted molar refractivity (Wildman–Crippen MR) is 85.3 cm³/mol. The Hall–Kier alpha value is -1.85. The fourth-order valence-electron chi connectivity index (χ4n) is 3.60. The van der Waals surface area contributed by atoms with Crippen molar-refractivity contribution in [3.05, 3.63) is 35.6 Å². The van der Waals surface area contributed by atoms with Gasteiger partial charge in [0.15, 0.2) is 12.1 Å². The lowest BCUT2D eigenvalue weighted by atomic mass is 10.0. The molecule has 5 heteroatoms. The summed E-state index contributed by atoms with van der Waals surface area (Å²) in [5, 5.41) is 0.998.